The SMILES string of the molecule is F/C=C(/C=C1/CCCS/C1=C\F)OCC1CCCCC1. The average Bonchev–Trinajstić information content (AvgIpc) is 2.52. The molecule has 0 aromatic heterocycles. The molecule has 0 amide bonds. The van der Waals surface area contributed by atoms with Crippen LogP contribution in [0.15, 0.2) is 35.0 Å². The van der Waals surface area contributed by atoms with E-state index in [1.807, 2.05) is 0 Å². The van der Waals surface area contributed by atoms with E-state index in [-0.39, 0.29) is 5.76 Å². The smallest absolute Gasteiger partial charge is 0.147 e. The molecule has 1 saturated carbocycles. The molecule has 0 unspecified atom stereocenters. The third kappa shape index (κ3) is 4.65. The summed E-state index contributed by atoms with van der Waals surface area (Å²) in [6.07, 6.45) is 10.7. The van der Waals surface area contributed by atoms with E-state index in [9.17, 15) is 8.78 Å². The Bertz CT molecular complexity index is 395. The number of ether oxygens (including phenoxy) is 1. The summed E-state index contributed by atoms with van der Waals surface area (Å²) in [4.78, 5) is 0.608. The van der Waals surface area contributed by atoms with Crippen molar-refractivity contribution in [1.29, 1.82) is 0 Å². The predicted molar refractivity (Wildman–Crippen MR) is 80.7 cm³/mol. The van der Waals surface area contributed by atoms with Gasteiger partial charge in [-0.2, -0.15) is 0 Å². The first-order chi connectivity index (χ1) is 9.83. The summed E-state index contributed by atoms with van der Waals surface area (Å²) < 4.78 is 31.3. The van der Waals surface area contributed by atoms with Gasteiger partial charge in [-0.25, -0.2) is 8.78 Å². The zero-order valence-corrected chi connectivity index (χ0v) is 12.6. The average molecular weight is 300 g/mol. The number of hydrogen-bond acceptors (Lipinski definition) is 2. The second-order valence-corrected chi connectivity index (χ2v) is 6.56. The fraction of sp³-hybridized carbons (Fsp3) is 0.625. The third-order valence-corrected chi connectivity index (χ3v) is 5.05. The van der Waals surface area contributed by atoms with Crippen molar-refractivity contribution in [2.24, 2.45) is 5.92 Å². The number of hydrogen-bond donors (Lipinski definition) is 0. The lowest BCUT2D eigenvalue weighted by Crippen LogP contribution is -2.13. The van der Waals surface area contributed by atoms with Crippen LogP contribution >= 0.6 is 11.8 Å². The number of allylic oxidation sites excluding steroid dienone is 2. The minimum absolute atomic E-state index is 0.229. The van der Waals surface area contributed by atoms with E-state index in [0.717, 1.165) is 24.2 Å². The summed E-state index contributed by atoms with van der Waals surface area (Å²) in [6, 6.07) is 0. The van der Waals surface area contributed by atoms with Crippen LogP contribution in [0.3, 0.4) is 0 Å². The highest BCUT2D eigenvalue weighted by atomic mass is 32.2. The standard InChI is InChI=1S/C16H22F2OS/c17-10-15(19-12-13-5-2-1-3-6-13)9-14-7-4-8-20-16(14)11-18/h9-11,13H,1-8,12H2/b14-9-,15-10-,16-11-. The lowest BCUT2D eigenvalue weighted by atomic mass is 9.90. The molecule has 0 spiro atoms. The summed E-state index contributed by atoms with van der Waals surface area (Å²) in [5, 5.41) is 0. The van der Waals surface area contributed by atoms with E-state index in [1.54, 1.807) is 6.08 Å². The second-order valence-electron chi connectivity index (χ2n) is 5.42. The second kappa shape index (κ2) is 8.50. The van der Waals surface area contributed by atoms with Crippen LogP contribution in [-0.4, -0.2) is 12.4 Å². The first-order valence-corrected chi connectivity index (χ1v) is 8.39. The van der Waals surface area contributed by atoms with Gasteiger partial charge in [0, 0.05) is 4.91 Å². The summed E-state index contributed by atoms with van der Waals surface area (Å²) in [6.45, 7) is 0.571. The Balaban J connectivity index is 1.90. The van der Waals surface area contributed by atoms with Crippen LogP contribution in [0, 0.1) is 5.92 Å². The van der Waals surface area contributed by atoms with E-state index in [4.69, 9.17) is 4.74 Å². The molecule has 0 bridgehead atoms. The van der Waals surface area contributed by atoms with Crippen LogP contribution in [0.5, 0.6) is 0 Å². The number of rotatable bonds is 4. The molecule has 1 aliphatic carbocycles. The topological polar surface area (TPSA) is 9.23 Å². The molecule has 1 saturated heterocycles. The van der Waals surface area contributed by atoms with E-state index in [0.29, 0.717) is 30.1 Å². The van der Waals surface area contributed by atoms with Crippen molar-refractivity contribution >= 4 is 11.8 Å². The van der Waals surface area contributed by atoms with Crippen LogP contribution in [0.1, 0.15) is 44.9 Å². The molecule has 2 aliphatic rings. The van der Waals surface area contributed by atoms with E-state index < -0.39 is 0 Å². The highest BCUT2D eigenvalue weighted by Gasteiger charge is 2.16. The lowest BCUT2D eigenvalue weighted by Gasteiger charge is -2.22. The van der Waals surface area contributed by atoms with Gasteiger partial charge in [0.15, 0.2) is 0 Å². The Labute approximate surface area is 124 Å². The molecule has 0 atom stereocenters. The molecule has 4 heteroatoms. The van der Waals surface area contributed by atoms with Gasteiger partial charge in [0.05, 0.1) is 6.61 Å². The highest BCUT2D eigenvalue weighted by molar-refractivity contribution is 8.03. The van der Waals surface area contributed by atoms with Gasteiger partial charge in [-0.3, -0.25) is 0 Å². The fourth-order valence-electron chi connectivity index (χ4n) is 2.75. The summed E-state index contributed by atoms with van der Waals surface area (Å²) in [5.41, 5.74) is 0.844. The fourth-order valence-corrected chi connectivity index (χ4v) is 3.67. The van der Waals surface area contributed by atoms with Crippen molar-refractivity contribution in [3.8, 4) is 0 Å². The molecule has 0 aromatic carbocycles. The maximum atomic E-state index is 12.9. The minimum Gasteiger partial charge on any atom is -0.491 e. The molecule has 1 aliphatic heterocycles. The maximum Gasteiger partial charge on any atom is 0.147 e. The van der Waals surface area contributed by atoms with Crippen molar-refractivity contribution in [3.63, 3.8) is 0 Å². The molecule has 1 heterocycles. The van der Waals surface area contributed by atoms with E-state index in [2.05, 4.69) is 0 Å². The lowest BCUT2D eigenvalue weighted by molar-refractivity contribution is 0.146. The Morgan fingerprint density at radius 3 is 2.70 bits per heavy atom. The Kier molecular flexibility index (Phi) is 6.64. The summed E-state index contributed by atoms with van der Waals surface area (Å²) >= 11 is 1.48. The van der Waals surface area contributed by atoms with E-state index in [1.165, 1.54) is 43.9 Å². The van der Waals surface area contributed by atoms with Gasteiger partial charge in [0.1, 0.15) is 18.4 Å². The molecule has 0 radical (unpaired) electrons. The third-order valence-electron chi connectivity index (χ3n) is 3.90. The minimum atomic E-state index is 0.229. The molecule has 0 N–H and O–H groups in total. The Morgan fingerprint density at radius 2 is 2.00 bits per heavy atom. The normalized spacial score (nSPS) is 26.2. The first-order valence-electron chi connectivity index (χ1n) is 7.41. The van der Waals surface area contributed by atoms with Gasteiger partial charge in [-0.05, 0) is 49.0 Å². The van der Waals surface area contributed by atoms with Gasteiger partial charge < -0.3 is 4.74 Å². The van der Waals surface area contributed by atoms with Crippen LogP contribution in [0.2, 0.25) is 0 Å². The van der Waals surface area contributed by atoms with Crippen molar-refractivity contribution in [1.82, 2.24) is 0 Å². The Hall–Kier alpha value is -0.770. The summed E-state index contributed by atoms with van der Waals surface area (Å²) in [5.74, 6) is 1.69. The molecule has 0 aromatic rings. The Morgan fingerprint density at radius 1 is 1.20 bits per heavy atom. The van der Waals surface area contributed by atoms with Gasteiger partial charge in [0.25, 0.3) is 0 Å². The van der Waals surface area contributed by atoms with E-state index >= 15 is 0 Å². The molecular weight excluding hydrogens is 278 g/mol. The monoisotopic (exact) mass is 300 g/mol. The van der Waals surface area contributed by atoms with Gasteiger partial charge in [-0.15, -0.1) is 11.8 Å². The number of thioether (sulfide) groups is 1. The van der Waals surface area contributed by atoms with Crippen molar-refractivity contribution in [3.05, 3.63) is 35.0 Å². The molecule has 112 valence electrons. The maximum absolute atomic E-state index is 12.9. The van der Waals surface area contributed by atoms with Crippen molar-refractivity contribution < 1.29 is 13.5 Å². The summed E-state index contributed by atoms with van der Waals surface area (Å²) in [7, 11) is 0. The quantitative estimate of drug-likeness (QED) is 0.620. The molecular formula is C16H22F2OS. The van der Waals surface area contributed by atoms with Crippen LogP contribution in [-0.2, 0) is 4.74 Å². The molecule has 2 fully saturated rings. The van der Waals surface area contributed by atoms with Crippen molar-refractivity contribution in [2.75, 3.05) is 12.4 Å². The van der Waals surface area contributed by atoms with Crippen LogP contribution in [0.25, 0.3) is 0 Å². The van der Waals surface area contributed by atoms with Gasteiger partial charge in [0.2, 0.25) is 0 Å². The highest BCUT2D eigenvalue weighted by Crippen LogP contribution is 2.35. The molecule has 20 heavy (non-hydrogen) atoms. The first kappa shape index (κ1) is 15.6. The van der Waals surface area contributed by atoms with Crippen LogP contribution in [0.4, 0.5) is 8.78 Å². The van der Waals surface area contributed by atoms with Gasteiger partial charge >= 0.3 is 0 Å². The van der Waals surface area contributed by atoms with Gasteiger partial charge in [-0.1, -0.05) is 19.3 Å². The predicted octanol–water partition coefficient (Wildman–Crippen LogP) is 5.66. The van der Waals surface area contributed by atoms with Crippen molar-refractivity contribution in [2.45, 2.75) is 44.9 Å². The molecule has 2 rings (SSSR count). The molecule has 1 nitrogen and oxygen atoms in total. The number of halogens is 2. The largest absolute Gasteiger partial charge is 0.491 e. The van der Waals surface area contributed by atoms with Crippen LogP contribution < -0.4 is 0 Å². The zero-order chi connectivity index (χ0) is 14.2. The zero-order valence-electron chi connectivity index (χ0n) is 11.7.